The van der Waals surface area contributed by atoms with Crippen LogP contribution < -0.4 is 14.8 Å². The van der Waals surface area contributed by atoms with E-state index < -0.39 is 0 Å². The van der Waals surface area contributed by atoms with Crippen LogP contribution >= 0.6 is 0 Å². The van der Waals surface area contributed by atoms with E-state index in [9.17, 15) is 0 Å². The summed E-state index contributed by atoms with van der Waals surface area (Å²) < 4.78 is 11.2. The molecule has 3 nitrogen and oxygen atoms in total. The Morgan fingerprint density at radius 3 is 2.82 bits per heavy atom. The Bertz CT molecular complexity index is 405. The van der Waals surface area contributed by atoms with E-state index in [1.54, 1.807) is 0 Å². The van der Waals surface area contributed by atoms with Crippen molar-refractivity contribution < 1.29 is 9.47 Å². The van der Waals surface area contributed by atoms with Crippen LogP contribution in [-0.4, -0.2) is 26.3 Å². The van der Waals surface area contributed by atoms with Crippen LogP contribution in [0.5, 0.6) is 11.5 Å². The van der Waals surface area contributed by atoms with Gasteiger partial charge in [-0.25, -0.2) is 0 Å². The van der Waals surface area contributed by atoms with Crippen LogP contribution in [0, 0.1) is 5.92 Å². The van der Waals surface area contributed by atoms with Gasteiger partial charge < -0.3 is 14.8 Å². The number of fused-ring (bicyclic) bond motifs is 1. The number of nitrogens with one attached hydrogen (secondary N) is 1. The molecule has 17 heavy (non-hydrogen) atoms. The van der Waals surface area contributed by atoms with Crippen molar-refractivity contribution in [3.05, 3.63) is 23.8 Å². The van der Waals surface area contributed by atoms with Crippen molar-refractivity contribution in [1.29, 1.82) is 0 Å². The molecule has 2 aliphatic heterocycles. The molecule has 1 saturated heterocycles. The van der Waals surface area contributed by atoms with Crippen LogP contribution in [0.4, 0.5) is 0 Å². The van der Waals surface area contributed by atoms with E-state index >= 15 is 0 Å². The topological polar surface area (TPSA) is 30.5 Å². The van der Waals surface area contributed by atoms with Crippen molar-refractivity contribution in [3.63, 3.8) is 0 Å². The van der Waals surface area contributed by atoms with Gasteiger partial charge in [-0.15, -0.1) is 0 Å². The molecule has 0 radical (unpaired) electrons. The molecule has 3 heteroatoms. The Morgan fingerprint density at radius 2 is 2.00 bits per heavy atom. The standard InChI is InChI=1S/C14H19NO2/c1-10-4-5-15-9-12(10)11-2-3-13-14(8-11)17-7-6-16-13/h2-3,8,10,12,15H,4-7,9H2,1H3. The third-order valence-electron chi connectivity index (χ3n) is 3.82. The first kappa shape index (κ1) is 10.9. The first-order valence-electron chi connectivity index (χ1n) is 6.45. The third-order valence-corrected chi connectivity index (χ3v) is 3.82. The molecular weight excluding hydrogens is 214 g/mol. The molecule has 2 heterocycles. The summed E-state index contributed by atoms with van der Waals surface area (Å²) in [6, 6.07) is 6.38. The van der Waals surface area contributed by atoms with Crippen molar-refractivity contribution in [2.45, 2.75) is 19.3 Å². The molecule has 1 aromatic carbocycles. The molecule has 2 unspecified atom stereocenters. The number of benzene rings is 1. The average molecular weight is 233 g/mol. The second-order valence-electron chi connectivity index (χ2n) is 4.98. The van der Waals surface area contributed by atoms with Crippen LogP contribution in [0.1, 0.15) is 24.8 Å². The second kappa shape index (κ2) is 4.57. The van der Waals surface area contributed by atoms with Crippen LogP contribution in [-0.2, 0) is 0 Å². The highest BCUT2D eigenvalue weighted by Gasteiger charge is 2.24. The predicted molar refractivity (Wildman–Crippen MR) is 66.8 cm³/mol. The van der Waals surface area contributed by atoms with E-state index in [0.29, 0.717) is 19.1 Å². The lowest BCUT2D eigenvalue weighted by Gasteiger charge is -2.30. The van der Waals surface area contributed by atoms with Gasteiger partial charge in [0.25, 0.3) is 0 Å². The maximum Gasteiger partial charge on any atom is 0.161 e. The summed E-state index contributed by atoms with van der Waals surface area (Å²) in [5.74, 6) is 3.13. The Kier molecular flexibility index (Phi) is 2.93. The first-order chi connectivity index (χ1) is 8.34. The molecule has 0 aromatic heterocycles. The van der Waals surface area contributed by atoms with E-state index in [1.807, 2.05) is 6.07 Å². The maximum atomic E-state index is 5.64. The SMILES string of the molecule is CC1CCNCC1c1ccc2c(c1)OCCO2. The largest absolute Gasteiger partial charge is 0.486 e. The first-order valence-corrected chi connectivity index (χ1v) is 6.45. The summed E-state index contributed by atoms with van der Waals surface area (Å²) in [4.78, 5) is 0. The third kappa shape index (κ3) is 2.12. The van der Waals surface area contributed by atoms with Gasteiger partial charge in [-0.2, -0.15) is 0 Å². The fourth-order valence-corrected chi connectivity index (χ4v) is 2.73. The highest BCUT2D eigenvalue weighted by Crippen LogP contribution is 2.36. The van der Waals surface area contributed by atoms with Crippen molar-refractivity contribution in [2.75, 3.05) is 26.3 Å². The molecule has 3 rings (SSSR count). The van der Waals surface area contributed by atoms with Gasteiger partial charge in [-0.1, -0.05) is 13.0 Å². The Morgan fingerprint density at radius 1 is 1.18 bits per heavy atom. The molecule has 2 atom stereocenters. The van der Waals surface area contributed by atoms with Gasteiger partial charge in [0.15, 0.2) is 11.5 Å². The fourth-order valence-electron chi connectivity index (χ4n) is 2.73. The number of hydrogen-bond acceptors (Lipinski definition) is 3. The van der Waals surface area contributed by atoms with Crippen LogP contribution in [0.3, 0.4) is 0 Å². The minimum atomic E-state index is 0.597. The number of piperidine rings is 1. The van der Waals surface area contributed by atoms with E-state index in [4.69, 9.17) is 9.47 Å². The number of rotatable bonds is 1. The molecular formula is C14H19NO2. The smallest absolute Gasteiger partial charge is 0.161 e. The van der Waals surface area contributed by atoms with E-state index in [0.717, 1.165) is 30.5 Å². The Hall–Kier alpha value is -1.22. The Balaban J connectivity index is 1.87. The molecule has 1 aromatic rings. The number of ether oxygens (including phenoxy) is 2. The Labute approximate surface area is 102 Å². The van der Waals surface area contributed by atoms with E-state index in [-0.39, 0.29) is 0 Å². The summed E-state index contributed by atoms with van der Waals surface area (Å²) in [7, 11) is 0. The lowest BCUT2D eigenvalue weighted by atomic mass is 9.83. The van der Waals surface area contributed by atoms with E-state index in [2.05, 4.69) is 24.4 Å². The zero-order chi connectivity index (χ0) is 11.7. The summed E-state index contributed by atoms with van der Waals surface area (Å²) in [5, 5.41) is 3.47. The highest BCUT2D eigenvalue weighted by atomic mass is 16.6. The van der Waals surface area contributed by atoms with Crippen LogP contribution in [0.15, 0.2) is 18.2 Å². The predicted octanol–water partition coefficient (Wildman–Crippen LogP) is 2.17. The van der Waals surface area contributed by atoms with Crippen LogP contribution in [0.2, 0.25) is 0 Å². The second-order valence-corrected chi connectivity index (χ2v) is 4.98. The van der Waals surface area contributed by atoms with Gasteiger partial charge in [0.1, 0.15) is 13.2 Å². The minimum absolute atomic E-state index is 0.597. The molecule has 2 aliphatic rings. The molecule has 0 saturated carbocycles. The maximum absolute atomic E-state index is 5.64. The lowest BCUT2D eigenvalue weighted by molar-refractivity contribution is 0.171. The summed E-state index contributed by atoms with van der Waals surface area (Å²) in [6.45, 7) is 5.87. The van der Waals surface area contributed by atoms with Crippen molar-refractivity contribution in [3.8, 4) is 11.5 Å². The average Bonchev–Trinajstić information content (AvgIpc) is 2.39. The van der Waals surface area contributed by atoms with Gasteiger partial charge in [-0.05, 0) is 42.5 Å². The summed E-state index contributed by atoms with van der Waals surface area (Å²) in [5.41, 5.74) is 1.37. The van der Waals surface area contributed by atoms with Gasteiger partial charge in [0.05, 0.1) is 0 Å². The van der Waals surface area contributed by atoms with Crippen molar-refractivity contribution in [1.82, 2.24) is 5.32 Å². The highest BCUT2D eigenvalue weighted by molar-refractivity contribution is 5.45. The van der Waals surface area contributed by atoms with Gasteiger partial charge >= 0.3 is 0 Å². The normalized spacial score (nSPS) is 27.8. The molecule has 1 N–H and O–H groups in total. The van der Waals surface area contributed by atoms with Crippen LogP contribution in [0.25, 0.3) is 0 Å². The molecule has 0 spiro atoms. The molecule has 0 bridgehead atoms. The van der Waals surface area contributed by atoms with E-state index in [1.165, 1.54) is 12.0 Å². The molecule has 92 valence electrons. The molecule has 1 fully saturated rings. The number of hydrogen-bond donors (Lipinski definition) is 1. The zero-order valence-corrected chi connectivity index (χ0v) is 10.2. The molecule has 0 amide bonds. The summed E-state index contributed by atoms with van der Waals surface area (Å²) in [6.07, 6.45) is 1.25. The molecule has 0 aliphatic carbocycles. The summed E-state index contributed by atoms with van der Waals surface area (Å²) >= 11 is 0. The fraction of sp³-hybridized carbons (Fsp3) is 0.571. The van der Waals surface area contributed by atoms with Gasteiger partial charge in [0, 0.05) is 6.54 Å². The minimum Gasteiger partial charge on any atom is -0.486 e. The monoisotopic (exact) mass is 233 g/mol. The van der Waals surface area contributed by atoms with Crippen molar-refractivity contribution in [2.24, 2.45) is 5.92 Å². The van der Waals surface area contributed by atoms with Gasteiger partial charge in [0.2, 0.25) is 0 Å². The van der Waals surface area contributed by atoms with Gasteiger partial charge in [-0.3, -0.25) is 0 Å². The quantitative estimate of drug-likeness (QED) is 0.806. The van der Waals surface area contributed by atoms with Crippen molar-refractivity contribution >= 4 is 0 Å². The lowest BCUT2D eigenvalue weighted by Crippen LogP contribution is -2.33. The zero-order valence-electron chi connectivity index (χ0n) is 10.2.